The summed E-state index contributed by atoms with van der Waals surface area (Å²) in [6, 6.07) is 24.5. The van der Waals surface area contributed by atoms with Gasteiger partial charge < -0.3 is 25.0 Å². The lowest BCUT2D eigenvalue weighted by Gasteiger charge is -2.39. The highest BCUT2D eigenvalue weighted by atomic mass is 16.7. The van der Waals surface area contributed by atoms with E-state index in [9.17, 15) is 19.8 Å². The largest absolute Gasteiger partial charge is 0.392 e. The molecule has 0 radical (unpaired) electrons. The minimum atomic E-state index is -0.651. The number of ether oxygens (including phenoxy) is 2. The quantitative estimate of drug-likeness (QED) is 0.100. The van der Waals surface area contributed by atoms with Gasteiger partial charge in [0, 0.05) is 43.1 Å². The predicted molar refractivity (Wildman–Crippen MR) is 165 cm³/mol. The Labute approximate surface area is 258 Å². The maximum absolute atomic E-state index is 12.3. The third-order valence-corrected chi connectivity index (χ3v) is 8.05. The molecule has 236 valence electrons. The van der Waals surface area contributed by atoms with Gasteiger partial charge in [0.05, 0.1) is 24.9 Å². The number of anilines is 1. The Balaban J connectivity index is 1.42. The monoisotopic (exact) mass is 605 g/mol. The van der Waals surface area contributed by atoms with E-state index in [-0.39, 0.29) is 43.6 Å². The van der Waals surface area contributed by atoms with Crippen molar-refractivity contribution in [3.05, 3.63) is 101 Å². The van der Waals surface area contributed by atoms with Gasteiger partial charge in [-0.2, -0.15) is 0 Å². The Morgan fingerprint density at radius 1 is 0.909 bits per heavy atom. The minimum absolute atomic E-state index is 0.0314. The summed E-state index contributed by atoms with van der Waals surface area (Å²) in [5.41, 5.74) is 5.70. The summed E-state index contributed by atoms with van der Waals surface area (Å²) in [6.45, 7) is 2.54. The van der Waals surface area contributed by atoms with E-state index in [1.165, 1.54) is 0 Å². The van der Waals surface area contributed by atoms with Gasteiger partial charge in [-0.15, -0.1) is 0 Å². The maximum atomic E-state index is 12.3. The first-order valence-corrected chi connectivity index (χ1v) is 15.0. The maximum Gasteiger partial charge on any atom is 0.243 e. The van der Waals surface area contributed by atoms with Crippen molar-refractivity contribution in [1.82, 2.24) is 10.4 Å². The third kappa shape index (κ3) is 9.43. The van der Waals surface area contributed by atoms with Crippen LogP contribution in [0.4, 0.5) is 5.69 Å². The van der Waals surface area contributed by atoms with Crippen LogP contribution in [0.1, 0.15) is 79.8 Å². The topological polar surface area (TPSA) is 141 Å². The number of benzene rings is 3. The fourth-order valence-electron chi connectivity index (χ4n) is 5.26. The Morgan fingerprint density at radius 2 is 1.55 bits per heavy atom. The van der Waals surface area contributed by atoms with Crippen LogP contribution in [-0.4, -0.2) is 57.9 Å². The van der Waals surface area contributed by atoms with E-state index >= 15 is 0 Å². The summed E-state index contributed by atoms with van der Waals surface area (Å²) < 4.78 is 12.9. The first-order valence-electron chi connectivity index (χ1n) is 15.0. The van der Waals surface area contributed by atoms with Gasteiger partial charge in [-0.1, -0.05) is 66.7 Å². The molecule has 5 N–H and O–H groups in total. The highest BCUT2D eigenvalue weighted by molar-refractivity contribution is 5.90. The second kappa shape index (κ2) is 16.4. The molecule has 10 heteroatoms. The van der Waals surface area contributed by atoms with E-state index in [0.29, 0.717) is 31.5 Å². The van der Waals surface area contributed by atoms with Crippen LogP contribution in [0.3, 0.4) is 0 Å². The van der Waals surface area contributed by atoms with Crippen LogP contribution in [0.25, 0.3) is 0 Å². The molecular formula is C34H43N3O7. The Bertz CT molecular complexity index is 1320. The smallest absolute Gasteiger partial charge is 0.243 e. The van der Waals surface area contributed by atoms with Crippen molar-refractivity contribution in [2.24, 2.45) is 0 Å². The van der Waals surface area contributed by atoms with E-state index in [1.54, 1.807) is 17.6 Å². The van der Waals surface area contributed by atoms with Crippen LogP contribution < -0.4 is 10.8 Å². The lowest BCUT2D eigenvalue weighted by molar-refractivity contribution is -0.253. The number of aliphatic hydroxyl groups excluding tert-OH is 2. The SMILES string of the molecule is C[C@@H]([C@H](O)c1ccccc1)N(C)C[C@@H]1C[C@H](c2ccc(CO)cc2)O[C@H](c2ccc(NC(=O)CCCCC(=O)NO)cc2)O1. The van der Waals surface area contributed by atoms with Crippen molar-refractivity contribution >= 4 is 17.5 Å². The molecule has 1 aliphatic heterocycles. The normalized spacial score (nSPS) is 19.7. The van der Waals surface area contributed by atoms with Crippen molar-refractivity contribution < 1.29 is 34.5 Å². The molecule has 44 heavy (non-hydrogen) atoms. The van der Waals surface area contributed by atoms with Gasteiger partial charge in [0.1, 0.15) is 0 Å². The number of nitrogens with one attached hydrogen (secondary N) is 2. The van der Waals surface area contributed by atoms with Gasteiger partial charge in [-0.3, -0.25) is 19.7 Å². The molecule has 4 rings (SSSR count). The number of hydroxylamine groups is 1. The first kappa shape index (κ1) is 33.3. The van der Waals surface area contributed by atoms with Crippen molar-refractivity contribution in [3.8, 4) is 0 Å². The molecule has 3 aromatic rings. The lowest BCUT2D eigenvalue weighted by Crippen LogP contribution is -2.43. The molecular weight excluding hydrogens is 562 g/mol. The molecule has 1 fully saturated rings. The second-order valence-electron chi connectivity index (χ2n) is 11.3. The van der Waals surface area contributed by atoms with Crippen molar-refractivity contribution in [2.45, 2.75) is 76.3 Å². The molecule has 0 saturated carbocycles. The van der Waals surface area contributed by atoms with E-state index in [4.69, 9.17) is 14.7 Å². The molecule has 2 amide bonds. The van der Waals surface area contributed by atoms with Gasteiger partial charge in [0.15, 0.2) is 6.29 Å². The number of unbranched alkanes of at least 4 members (excludes halogenated alkanes) is 1. The number of rotatable bonds is 14. The zero-order valence-corrected chi connectivity index (χ0v) is 25.3. The number of carbonyl (C=O) groups is 2. The average molecular weight is 606 g/mol. The Kier molecular flexibility index (Phi) is 12.4. The van der Waals surface area contributed by atoms with Gasteiger partial charge in [-0.25, -0.2) is 5.48 Å². The number of amides is 2. The Morgan fingerprint density at radius 3 is 2.18 bits per heavy atom. The summed E-state index contributed by atoms with van der Waals surface area (Å²) in [5, 5.41) is 31.9. The fraction of sp³-hybridized carbons (Fsp3) is 0.412. The van der Waals surface area contributed by atoms with Crippen LogP contribution in [0, 0.1) is 0 Å². The molecule has 5 atom stereocenters. The number of likely N-dealkylation sites (N-methyl/N-ethyl adjacent to an activating group) is 1. The van der Waals surface area contributed by atoms with Gasteiger partial charge >= 0.3 is 0 Å². The predicted octanol–water partition coefficient (Wildman–Crippen LogP) is 4.78. The zero-order valence-electron chi connectivity index (χ0n) is 25.3. The van der Waals surface area contributed by atoms with Crippen molar-refractivity contribution in [2.75, 3.05) is 18.9 Å². The van der Waals surface area contributed by atoms with Crippen molar-refractivity contribution in [1.29, 1.82) is 0 Å². The molecule has 3 aromatic carbocycles. The first-order chi connectivity index (χ1) is 21.3. The summed E-state index contributed by atoms with van der Waals surface area (Å²) in [6.07, 6.45) is 0.317. The summed E-state index contributed by atoms with van der Waals surface area (Å²) >= 11 is 0. The zero-order chi connectivity index (χ0) is 31.5. The molecule has 0 aromatic heterocycles. The molecule has 0 aliphatic carbocycles. The fourth-order valence-corrected chi connectivity index (χ4v) is 5.26. The van der Waals surface area contributed by atoms with Crippen molar-refractivity contribution in [3.63, 3.8) is 0 Å². The number of carbonyl (C=O) groups excluding carboxylic acids is 2. The van der Waals surface area contributed by atoms with Crippen LogP contribution in [0.5, 0.6) is 0 Å². The number of hydrogen-bond acceptors (Lipinski definition) is 8. The third-order valence-electron chi connectivity index (χ3n) is 8.05. The molecule has 0 spiro atoms. The average Bonchev–Trinajstić information content (AvgIpc) is 3.06. The molecule has 1 heterocycles. The second-order valence-corrected chi connectivity index (χ2v) is 11.3. The highest BCUT2D eigenvalue weighted by Crippen LogP contribution is 2.38. The van der Waals surface area contributed by atoms with E-state index < -0.39 is 18.3 Å². The summed E-state index contributed by atoms with van der Waals surface area (Å²) in [5.74, 6) is -0.626. The van der Waals surface area contributed by atoms with Crippen LogP contribution >= 0.6 is 0 Å². The summed E-state index contributed by atoms with van der Waals surface area (Å²) in [7, 11) is 1.98. The van der Waals surface area contributed by atoms with Crippen LogP contribution in [-0.2, 0) is 25.7 Å². The van der Waals surface area contributed by atoms with Crippen LogP contribution in [0.2, 0.25) is 0 Å². The minimum Gasteiger partial charge on any atom is -0.392 e. The van der Waals surface area contributed by atoms with E-state index in [2.05, 4.69) is 10.2 Å². The van der Waals surface area contributed by atoms with Gasteiger partial charge in [-0.05, 0) is 55.6 Å². The van der Waals surface area contributed by atoms with Gasteiger partial charge in [0.25, 0.3) is 0 Å². The number of nitrogens with zero attached hydrogens (tertiary/aromatic N) is 1. The van der Waals surface area contributed by atoms with Crippen LogP contribution in [0.15, 0.2) is 78.9 Å². The molecule has 0 unspecified atom stereocenters. The summed E-state index contributed by atoms with van der Waals surface area (Å²) in [4.78, 5) is 25.6. The molecule has 1 aliphatic rings. The molecule has 0 bridgehead atoms. The number of aliphatic hydroxyl groups is 2. The lowest BCUT2D eigenvalue weighted by atomic mass is 9.98. The highest BCUT2D eigenvalue weighted by Gasteiger charge is 2.34. The Hall–Kier alpha value is -3.64. The number of hydrogen-bond donors (Lipinski definition) is 5. The molecule has 10 nitrogen and oxygen atoms in total. The van der Waals surface area contributed by atoms with E-state index in [1.807, 2.05) is 80.7 Å². The molecule has 1 saturated heterocycles. The van der Waals surface area contributed by atoms with E-state index in [0.717, 1.165) is 22.3 Å². The van der Waals surface area contributed by atoms with Gasteiger partial charge in [0.2, 0.25) is 11.8 Å². The standard InChI is InChI=1S/C34H43N3O7/c1-23(33(41)26-8-4-3-5-9-26)37(2)21-29-20-30(25-14-12-24(22-38)13-15-25)44-34(43-29)27-16-18-28(19-17-27)35-31(39)10-6-7-11-32(40)36-42/h3-5,8-9,12-19,23,29-30,33-34,38,41-42H,6-7,10-11,20-22H2,1-2H3,(H,35,39)(H,36,40)/t23-,29-,30+,33-,34+/m0/s1.